The lowest BCUT2D eigenvalue weighted by atomic mass is 10.1. The molecule has 0 saturated carbocycles. The minimum atomic E-state index is -0.570. The molecule has 2 amide bonds. The number of hydrogen-bond acceptors (Lipinski definition) is 5. The number of rotatable bonds is 10. The van der Waals surface area contributed by atoms with Crippen molar-refractivity contribution in [3.63, 3.8) is 0 Å². The third-order valence-corrected chi connectivity index (χ3v) is 4.30. The van der Waals surface area contributed by atoms with Crippen LogP contribution in [0.1, 0.15) is 19.4 Å². The van der Waals surface area contributed by atoms with Crippen LogP contribution in [0.25, 0.3) is 0 Å². The van der Waals surface area contributed by atoms with Crippen molar-refractivity contribution in [1.29, 1.82) is 0 Å². The number of carbonyl (C=O) groups excluding carboxylic acids is 2. The first kappa shape index (κ1) is 21.6. The van der Waals surface area contributed by atoms with Crippen molar-refractivity contribution in [3.8, 4) is 17.2 Å². The van der Waals surface area contributed by atoms with Crippen LogP contribution in [0, 0.1) is 0 Å². The lowest BCUT2D eigenvalue weighted by Crippen LogP contribution is -2.20. The highest BCUT2D eigenvalue weighted by Gasteiger charge is 2.14. The van der Waals surface area contributed by atoms with Gasteiger partial charge in [0.05, 0.1) is 19.6 Å². The van der Waals surface area contributed by atoms with E-state index in [4.69, 9.17) is 19.9 Å². The van der Waals surface area contributed by atoms with Crippen molar-refractivity contribution in [3.05, 3.63) is 46.4 Å². The van der Waals surface area contributed by atoms with E-state index in [1.807, 2.05) is 13.8 Å². The molecule has 0 saturated heterocycles. The molecule has 0 aliphatic rings. The third kappa shape index (κ3) is 6.45. The number of ether oxygens (including phenoxy) is 3. The zero-order valence-electron chi connectivity index (χ0n) is 15.8. The van der Waals surface area contributed by atoms with E-state index in [0.717, 1.165) is 10.0 Å². The highest BCUT2D eigenvalue weighted by atomic mass is 79.9. The van der Waals surface area contributed by atoms with Gasteiger partial charge in [-0.1, -0.05) is 22.0 Å². The van der Waals surface area contributed by atoms with Gasteiger partial charge in [-0.25, -0.2) is 0 Å². The lowest BCUT2D eigenvalue weighted by Gasteiger charge is -2.14. The van der Waals surface area contributed by atoms with Crippen LogP contribution in [0.2, 0.25) is 0 Å². The number of halogens is 1. The van der Waals surface area contributed by atoms with E-state index in [0.29, 0.717) is 36.1 Å². The van der Waals surface area contributed by atoms with Crippen molar-refractivity contribution in [1.82, 2.24) is 0 Å². The second-order valence-electron chi connectivity index (χ2n) is 5.76. The number of benzene rings is 2. The molecule has 28 heavy (non-hydrogen) atoms. The monoisotopic (exact) mass is 450 g/mol. The molecule has 0 atom stereocenters. The number of nitrogens with two attached hydrogens (primary N) is 1. The molecule has 8 heteroatoms. The van der Waals surface area contributed by atoms with E-state index in [2.05, 4.69) is 21.2 Å². The van der Waals surface area contributed by atoms with Gasteiger partial charge in [0, 0.05) is 16.2 Å². The zero-order valence-corrected chi connectivity index (χ0v) is 17.4. The molecule has 0 aliphatic heterocycles. The number of anilines is 1. The minimum absolute atomic E-state index is 0.138. The Balaban J connectivity index is 2.09. The van der Waals surface area contributed by atoms with Gasteiger partial charge < -0.3 is 25.3 Å². The van der Waals surface area contributed by atoms with Crippen LogP contribution in [-0.4, -0.2) is 31.6 Å². The Morgan fingerprint density at radius 1 is 1.04 bits per heavy atom. The van der Waals surface area contributed by atoms with Crippen molar-refractivity contribution in [2.24, 2.45) is 5.73 Å². The van der Waals surface area contributed by atoms with Crippen molar-refractivity contribution >= 4 is 33.4 Å². The van der Waals surface area contributed by atoms with Crippen molar-refractivity contribution in [2.45, 2.75) is 20.3 Å². The maximum Gasteiger partial charge on any atom is 0.255 e. The molecule has 2 aromatic carbocycles. The number of carbonyl (C=O) groups is 2. The SMILES string of the molecule is CCOc1cc(Br)c(CC(=O)Nc2cccc(OCC(N)=O)c2)cc1OCC. The molecule has 2 rings (SSSR count). The molecule has 0 spiro atoms. The Kier molecular flexibility index (Phi) is 8.13. The fourth-order valence-electron chi connectivity index (χ4n) is 2.45. The summed E-state index contributed by atoms with van der Waals surface area (Å²) in [5.41, 5.74) is 6.39. The minimum Gasteiger partial charge on any atom is -0.490 e. The first-order chi connectivity index (χ1) is 13.4. The molecular formula is C20H23BrN2O5. The summed E-state index contributed by atoms with van der Waals surface area (Å²) in [5, 5.41) is 2.81. The Bertz CT molecular complexity index is 841. The van der Waals surface area contributed by atoms with Gasteiger partial charge >= 0.3 is 0 Å². The molecule has 0 aliphatic carbocycles. The molecule has 2 aromatic rings. The fourth-order valence-corrected chi connectivity index (χ4v) is 2.91. The standard InChI is InChI=1S/C20H23BrN2O5/c1-3-26-17-8-13(16(21)11-18(17)27-4-2)9-20(25)23-14-6-5-7-15(10-14)28-12-19(22)24/h5-8,10-11H,3-4,9,12H2,1-2H3,(H2,22,24)(H,23,25). The zero-order chi connectivity index (χ0) is 20.5. The molecule has 0 aromatic heterocycles. The number of primary amides is 1. The lowest BCUT2D eigenvalue weighted by molar-refractivity contribution is -0.120. The van der Waals surface area contributed by atoms with Crippen molar-refractivity contribution < 1.29 is 23.8 Å². The predicted molar refractivity (Wildman–Crippen MR) is 110 cm³/mol. The first-order valence-electron chi connectivity index (χ1n) is 8.82. The average molecular weight is 451 g/mol. The van der Waals surface area contributed by atoms with Gasteiger partial charge in [-0.3, -0.25) is 9.59 Å². The van der Waals surface area contributed by atoms with E-state index in [-0.39, 0.29) is 18.9 Å². The largest absolute Gasteiger partial charge is 0.490 e. The molecule has 7 nitrogen and oxygen atoms in total. The Hall–Kier alpha value is -2.74. The topological polar surface area (TPSA) is 99.9 Å². The highest BCUT2D eigenvalue weighted by molar-refractivity contribution is 9.10. The second-order valence-corrected chi connectivity index (χ2v) is 6.62. The number of amides is 2. The smallest absolute Gasteiger partial charge is 0.255 e. The summed E-state index contributed by atoms with van der Waals surface area (Å²) in [4.78, 5) is 23.3. The predicted octanol–water partition coefficient (Wildman–Crippen LogP) is 3.29. The summed E-state index contributed by atoms with van der Waals surface area (Å²) >= 11 is 3.48. The summed E-state index contributed by atoms with van der Waals surface area (Å²) in [6.45, 7) is 4.56. The van der Waals surface area contributed by atoms with E-state index in [1.165, 1.54) is 0 Å². The summed E-state index contributed by atoms with van der Waals surface area (Å²) in [6, 6.07) is 10.3. The maximum atomic E-state index is 12.5. The van der Waals surface area contributed by atoms with Crippen molar-refractivity contribution in [2.75, 3.05) is 25.1 Å². The van der Waals surface area contributed by atoms with Gasteiger partial charge in [0.1, 0.15) is 5.75 Å². The average Bonchev–Trinajstić information content (AvgIpc) is 2.64. The Morgan fingerprint density at radius 2 is 1.71 bits per heavy atom. The van der Waals surface area contributed by atoms with E-state index in [9.17, 15) is 9.59 Å². The Morgan fingerprint density at radius 3 is 2.36 bits per heavy atom. The van der Waals surface area contributed by atoms with Gasteiger partial charge in [-0.2, -0.15) is 0 Å². The molecule has 150 valence electrons. The molecule has 3 N–H and O–H groups in total. The fraction of sp³-hybridized carbons (Fsp3) is 0.300. The summed E-state index contributed by atoms with van der Waals surface area (Å²) < 4.78 is 17.2. The normalized spacial score (nSPS) is 10.2. The van der Waals surface area contributed by atoms with E-state index in [1.54, 1.807) is 36.4 Å². The van der Waals surface area contributed by atoms with E-state index < -0.39 is 5.91 Å². The molecule has 0 radical (unpaired) electrons. The maximum absolute atomic E-state index is 12.5. The van der Waals surface area contributed by atoms with Gasteiger partial charge in [0.15, 0.2) is 18.1 Å². The van der Waals surface area contributed by atoms with Crippen LogP contribution in [-0.2, 0) is 16.0 Å². The molecule has 0 unspecified atom stereocenters. The van der Waals surface area contributed by atoms with Crippen LogP contribution in [0.15, 0.2) is 40.9 Å². The second kappa shape index (κ2) is 10.6. The first-order valence-corrected chi connectivity index (χ1v) is 9.61. The quantitative estimate of drug-likeness (QED) is 0.578. The molecule has 0 heterocycles. The summed E-state index contributed by atoms with van der Waals surface area (Å²) in [6.07, 6.45) is 0.138. The van der Waals surface area contributed by atoms with Crippen LogP contribution in [0.3, 0.4) is 0 Å². The molecule has 0 fully saturated rings. The van der Waals surface area contributed by atoms with E-state index >= 15 is 0 Å². The van der Waals surface area contributed by atoms with Gasteiger partial charge in [-0.15, -0.1) is 0 Å². The van der Waals surface area contributed by atoms with Crippen LogP contribution in [0.5, 0.6) is 17.2 Å². The highest BCUT2D eigenvalue weighted by Crippen LogP contribution is 2.34. The molecular weight excluding hydrogens is 428 g/mol. The number of nitrogens with one attached hydrogen (secondary N) is 1. The van der Waals surface area contributed by atoms with Crippen LogP contribution < -0.4 is 25.3 Å². The summed E-state index contributed by atoms with van der Waals surface area (Å²) in [7, 11) is 0. The molecule has 0 bridgehead atoms. The van der Waals surface area contributed by atoms with Gasteiger partial charge in [-0.05, 0) is 43.7 Å². The van der Waals surface area contributed by atoms with Crippen LogP contribution in [0.4, 0.5) is 5.69 Å². The summed E-state index contributed by atoms with van der Waals surface area (Å²) in [5.74, 6) is 0.883. The van der Waals surface area contributed by atoms with Gasteiger partial charge in [0.2, 0.25) is 5.91 Å². The third-order valence-electron chi connectivity index (χ3n) is 3.56. The number of hydrogen-bond donors (Lipinski definition) is 2. The Labute approximate surface area is 172 Å². The van der Waals surface area contributed by atoms with Gasteiger partial charge in [0.25, 0.3) is 5.91 Å². The van der Waals surface area contributed by atoms with Crippen LogP contribution >= 0.6 is 15.9 Å².